The van der Waals surface area contributed by atoms with E-state index in [1.807, 2.05) is 47.4 Å². The van der Waals surface area contributed by atoms with Gasteiger partial charge in [-0.25, -0.2) is 0 Å². The van der Waals surface area contributed by atoms with Gasteiger partial charge in [-0.15, -0.1) is 11.8 Å². The lowest BCUT2D eigenvalue weighted by Gasteiger charge is -2.25. The van der Waals surface area contributed by atoms with Crippen molar-refractivity contribution in [2.24, 2.45) is 0 Å². The normalized spacial score (nSPS) is 16.5. The minimum Gasteiger partial charge on any atom is -0.335 e. The van der Waals surface area contributed by atoms with Crippen LogP contribution < -0.4 is 5.32 Å². The van der Waals surface area contributed by atoms with Gasteiger partial charge in [0.25, 0.3) is 0 Å². The quantitative estimate of drug-likeness (QED) is 0.731. The molecule has 1 aliphatic rings. The molecule has 4 nitrogen and oxygen atoms in total. The first-order chi connectivity index (χ1) is 12.6. The molecule has 2 amide bonds. The molecule has 0 saturated carbocycles. The monoisotopic (exact) mass is 432 g/mol. The molecule has 0 spiro atoms. The van der Waals surface area contributed by atoms with Gasteiger partial charge in [0.2, 0.25) is 11.8 Å². The van der Waals surface area contributed by atoms with E-state index in [9.17, 15) is 9.59 Å². The fourth-order valence-corrected chi connectivity index (χ4v) is 4.26. The van der Waals surface area contributed by atoms with Crippen molar-refractivity contribution in [1.82, 2.24) is 4.90 Å². The zero-order valence-corrected chi connectivity index (χ0v) is 16.8. The summed E-state index contributed by atoms with van der Waals surface area (Å²) in [5.74, 6) is 0.607. The average Bonchev–Trinajstić information content (AvgIpc) is 3.12. The van der Waals surface area contributed by atoms with Gasteiger partial charge in [0, 0.05) is 16.7 Å². The van der Waals surface area contributed by atoms with Gasteiger partial charge in [0.1, 0.15) is 0 Å². The minimum absolute atomic E-state index is 0.0954. The fraction of sp³-hybridized carbons (Fsp3) is 0.300. The van der Waals surface area contributed by atoms with Crippen molar-refractivity contribution in [2.75, 3.05) is 23.4 Å². The van der Waals surface area contributed by atoms with Crippen molar-refractivity contribution >= 4 is 45.2 Å². The largest absolute Gasteiger partial charge is 0.335 e. The lowest BCUT2D eigenvalue weighted by molar-refractivity contribution is -0.129. The Balaban J connectivity index is 1.47. The molecule has 1 atom stereocenters. The van der Waals surface area contributed by atoms with Crippen molar-refractivity contribution < 1.29 is 9.59 Å². The predicted molar refractivity (Wildman–Crippen MR) is 110 cm³/mol. The second-order valence-corrected chi connectivity index (χ2v) is 8.11. The second kappa shape index (κ2) is 9.24. The Bertz CT molecular complexity index is 769. The number of thioether (sulfide) groups is 1. The number of benzene rings is 2. The van der Waals surface area contributed by atoms with Crippen molar-refractivity contribution in [3.63, 3.8) is 0 Å². The van der Waals surface area contributed by atoms with Crippen LogP contribution in [0.25, 0.3) is 0 Å². The first-order valence-corrected chi connectivity index (χ1v) is 10.6. The number of carbonyl (C=O) groups excluding carboxylic acids is 2. The standard InChI is InChI=1S/C20H21BrN2O2S/c21-16-8-4-9-17(12-16)22-19(24)13-26-14-20(25)23-11-5-10-18(23)15-6-2-1-3-7-15/h1-4,6-9,12,18H,5,10-11,13-14H2,(H,22,24). The Hall–Kier alpha value is -1.79. The zero-order chi connectivity index (χ0) is 18.4. The van der Waals surface area contributed by atoms with E-state index < -0.39 is 0 Å². The first-order valence-electron chi connectivity index (χ1n) is 8.61. The fourth-order valence-electron chi connectivity index (χ4n) is 3.16. The van der Waals surface area contributed by atoms with Crippen LogP contribution in [0, 0.1) is 0 Å². The van der Waals surface area contributed by atoms with Crippen molar-refractivity contribution in [3.05, 3.63) is 64.6 Å². The van der Waals surface area contributed by atoms with Gasteiger partial charge in [-0.2, -0.15) is 0 Å². The molecule has 1 fully saturated rings. The first kappa shape index (κ1) is 19.0. The minimum atomic E-state index is -0.0954. The van der Waals surface area contributed by atoms with Crippen LogP contribution in [0.15, 0.2) is 59.1 Å². The van der Waals surface area contributed by atoms with Crippen LogP contribution in [0.2, 0.25) is 0 Å². The number of nitrogens with zero attached hydrogens (tertiary/aromatic N) is 1. The molecule has 136 valence electrons. The van der Waals surface area contributed by atoms with E-state index in [0.29, 0.717) is 5.75 Å². The number of carbonyl (C=O) groups is 2. The highest BCUT2D eigenvalue weighted by atomic mass is 79.9. The SMILES string of the molecule is O=C(CSCC(=O)N1CCCC1c1ccccc1)Nc1cccc(Br)c1. The summed E-state index contributed by atoms with van der Waals surface area (Å²) in [6.07, 6.45) is 2.03. The molecule has 1 N–H and O–H groups in total. The number of anilines is 1. The Morgan fingerprint density at radius 3 is 2.69 bits per heavy atom. The second-order valence-electron chi connectivity index (χ2n) is 6.21. The Morgan fingerprint density at radius 2 is 1.92 bits per heavy atom. The summed E-state index contributed by atoms with van der Waals surface area (Å²) in [4.78, 5) is 26.6. The number of nitrogens with one attached hydrogen (secondary N) is 1. The van der Waals surface area contributed by atoms with Crippen molar-refractivity contribution in [3.8, 4) is 0 Å². The van der Waals surface area contributed by atoms with Gasteiger partial charge in [0.05, 0.1) is 17.5 Å². The number of hydrogen-bond donors (Lipinski definition) is 1. The topological polar surface area (TPSA) is 49.4 Å². The average molecular weight is 433 g/mol. The number of hydrogen-bond acceptors (Lipinski definition) is 3. The zero-order valence-electron chi connectivity index (χ0n) is 14.4. The van der Waals surface area contributed by atoms with Gasteiger partial charge in [0.15, 0.2) is 0 Å². The molecule has 6 heteroatoms. The molecule has 1 saturated heterocycles. The summed E-state index contributed by atoms with van der Waals surface area (Å²) in [5.41, 5.74) is 1.94. The number of rotatable bonds is 6. The van der Waals surface area contributed by atoms with Crippen LogP contribution in [0.3, 0.4) is 0 Å². The van der Waals surface area contributed by atoms with E-state index in [-0.39, 0.29) is 23.6 Å². The van der Waals surface area contributed by atoms with E-state index in [1.54, 1.807) is 0 Å². The van der Waals surface area contributed by atoms with E-state index in [1.165, 1.54) is 17.3 Å². The lowest BCUT2D eigenvalue weighted by atomic mass is 10.0. The maximum absolute atomic E-state index is 12.6. The highest BCUT2D eigenvalue weighted by Gasteiger charge is 2.29. The summed E-state index contributed by atoms with van der Waals surface area (Å²) in [5, 5.41) is 2.85. The number of likely N-dealkylation sites (tertiary alicyclic amines) is 1. The molecule has 1 heterocycles. The third kappa shape index (κ3) is 5.11. The summed E-state index contributed by atoms with van der Waals surface area (Å²) in [6, 6.07) is 17.8. The Kier molecular flexibility index (Phi) is 6.74. The molecular weight excluding hydrogens is 412 g/mol. The van der Waals surface area contributed by atoms with Gasteiger partial charge >= 0.3 is 0 Å². The van der Waals surface area contributed by atoms with Crippen LogP contribution in [0.5, 0.6) is 0 Å². The summed E-state index contributed by atoms with van der Waals surface area (Å²) in [7, 11) is 0. The molecule has 3 rings (SSSR count). The predicted octanol–water partition coefficient (Wildman–Crippen LogP) is 4.48. The molecule has 0 aliphatic carbocycles. The van der Waals surface area contributed by atoms with Crippen LogP contribution in [-0.2, 0) is 9.59 Å². The Labute approximate surface area is 166 Å². The maximum Gasteiger partial charge on any atom is 0.234 e. The van der Waals surface area contributed by atoms with Gasteiger partial charge < -0.3 is 10.2 Å². The van der Waals surface area contributed by atoms with E-state index >= 15 is 0 Å². The number of amides is 2. The molecule has 0 aromatic heterocycles. The number of halogens is 1. The Morgan fingerprint density at radius 1 is 1.12 bits per heavy atom. The van der Waals surface area contributed by atoms with Crippen molar-refractivity contribution in [1.29, 1.82) is 0 Å². The molecular formula is C20H21BrN2O2S. The van der Waals surface area contributed by atoms with Gasteiger partial charge in [-0.1, -0.05) is 52.3 Å². The van der Waals surface area contributed by atoms with E-state index in [4.69, 9.17) is 0 Å². The highest BCUT2D eigenvalue weighted by molar-refractivity contribution is 9.10. The van der Waals surface area contributed by atoms with E-state index in [0.717, 1.165) is 29.5 Å². The van der Waals surface area contributed by atoms with Crippen LogP contribution in [-0.4, -0.2) is 34.8 Å². The summed E-state index contributed by atoms with van der Waals surface area (Å²) >= 11 is 4.74. The maximum atomic E-state index is 12.6. The smallest absolute Gasteiger partial charge is 0.234 e. The molecule has 1 aliphatic heterocycles. The van der Waals surface area contributed by atoms with Crippen molar-refractivity contribution in [2.45, 2.75) is 18.9 Å². The molecule has 26 heavy (non-hydrogen) atoms. The molecule has 2 aromatic rings. The van der Waals surface area contributed by atoms with E-state index in [2.05, 4.69) is 33.4 Å². The molecule has 0 bridgehead atoms. The summed E-state index contributed by atoms with van der Waals surface area (Å²) in [6.45, 7) is 0.795. The van der Waals surface area contributed by atoms with Crippen LogP contribution in [0.1, 0.15) is 24.4 Å². The lowest BCUT2D eigenvalue weighted by Crippen LogP contribution is -2.32. The molecule has 2 aromatic carbocycles. The van der Waals surface area contributed by atoms with Gasteiger partial charge in [-0.3, -0.25) is 9.59 Å². The highest BCUT2D eigenvalue weighted by Crippen LogP contribution is 2.32. The third-order valence-corrected chi connectivity index (χ3v) is 5.74. The van der Waals surface area contributed by atoms with Crippen LogP contribution >= 0.6 is 27.7 Å². The third-order valence-electron chi connectivity index (χ3n) is 4.32. The molecule has 1 unspecified atom stereocenters. The summed E-state index contributed by atoms with van der Waals surface area (Å²) < 4.78 is 0.916. The molecule has 0 radical (unpaired) electrons. The van der Waals surface area contributed by atoms with Gasteiger partial charge in [-0.05, 0) is 36.6 Å². The van der Waals surface area contributed by atoms with Crippen LogP contribution in [0.4, 0.5) is 5.69 Å².